The monoisotopic (exact) mass is 708 g/mol. The summed E-state index contributed by atoms with van der Waals surface area (Å²) in [6, 6.07) is 59.6. The van der Waals surface area contributed by atoms with E-state index in [-0.39, 0.29) is 0 Å². The first-order valence-corrected chi connectivity index (χ1v) is 19.6. The van der Waals surface area contributed by atoms with Crippen LogP contribution in [0.2, 0.25) is 0 Å². The fourth-order valence-electron chi connectivity index (χ4n) is 9.06. The molecule has 0 saturated heterocycles. The highest BCUT2D eigenvalue weighted by atomic mass is 16.3. The average molecular weight is 708 g/mol. The van der Waals surface area contributed by atoms with Gasteiger partial charge in [0.1, 0.15) is 50.4 Å². The molecule has 0 atom stereocenters. The van der Waals surface area contributed by atoms with E-state index in [0.29, 0.717) is 0 Å². The van der Waals surface area contributed by atoms with E-state index < -0.39 is 0 Å². The fourth-order valence-corrected chi connectivity index (χ4v) is 9.06. The molecule has 0 fully saturated rings. The van der Waals surface area contributed by atoms with Crippen LogP contribution >= 0.6 is 0 Å². The lowest BCUT2D eigenvalue weighted by molar-refractivity contribution is 0.669. The highest BCUT2D eigenvalue weighted by Crippen LogP contribution is 2.43. The van der Waals surface area contributed by atoms with Crippen LogP contribution in [0.3, 0.4) is 0 Å². The molecule has 6 heteroatoms. The van der Waals surface area contributed by atoms with Gasteiger partial charge in [0.2, 0.25) is 0 Å². The van der Waals surface area contributed by atoms with Gasteiger partial charge in [-0.25, -0.2) is 0 Å². The Morgan fingerprint density at radius 3 is 1.18 bits per heavy atom. The van der Waals surface area contributed by atoms with Crippen molar-refractivity contribution in [3.8, 4) is 55.6 Å². The molecule has 1 aromatic heterocycles. The van der Waals surface area contributed by atoms with E-state index >= 15 is 0 Å². The summed E-state index contributed by atoms with van der Waals surface area (Å²) in [5, 5.41) is 7.40. The molecule has 0 radical (unpaired) electrons. The number of benzene rings is 9. The maximum atomic E-state index is 6.36. The molecule has 9 aromatic carbocycles. The lowest BCUT2D eigenvalue weighted by Gasteiger charge is -2.24. The Morgan fingerprint density at radius 2 is 0.625 bits per heavy atom. The van der Waals surface area contributed by atoms with Gasteiger partial charge < -0.3 is 4.42 Å². The fraction of sp³-hybridized carbons (Fsp3) is 0. The number of hydrogen-bond acceptors (Lipinski definition) is 1. The van der Waals surface area contributed by atoms with E-state index in [1.165, 1.54) is 104 Å². The molecule has 1 heterocycles. The standard InChI is InChI=1S/C50H37B5O/c51-46-45(47(52)49(54)50(55)48(46)53)44-37-15-6-4-13-35(37)43(36-14-5-7-16-38(36)44)30-19-17-29(18-20-30)33-21-23-41-39(26-33)40-27-34(22-24-42(40)56-41)32-12-8-11-31(25-32)28-9-2-1-3-10-28/h1-27H,51-55H2. The molecule has 56 heavy (non-hydrogen) atoms. The molecular formula is C50H37B5O. The van der Waals surface area contributed by atoms with Crippen molar-refractivity contribution in [2.24, 2.45) is 0 Å². The van der Waals surface area contributed by atoms with Gasteiger partial charge in [0.05, 0.1) is 0 Å². The molecule has 10 rings (SSSR count). The highest BCUT2D eigenvalue weighted by molar-refractivity contribution is 6.69. The first-order valence-electron chi connectivity index (χ1n) is 19.6. The SMILES string of the molecule is Bc1c(B)c(B)c(-c2c3ccccc3c(-c3ccc(-c4ccc5oc6ccc(-c7cccc(-c8ccccc8)c7)cc6c5c4)cc3)c3ccccc23)c(B)c1B. The zero-order valence-corrected chi connectivity index (χ0v) is 32.5. The van der Waals surface area contributed by atoms with Gasteiger partial charge in [0, 0.05) is 10.8 Å². The van der Waals surface area contributed by atoms with Crippen LogP contribution in [0.1, 0.15) is 0 Å². The van der Waals surface area contributed by atoms with Gasteiger partial charge in [-0.05, 0) is 108 Å². The average Bonchev–Trinajstić information content (AvgIpc) is 3.62. The topological polar surface area (TPSA) is 13.1 Å². The molecule has 0 bridgehead atoms. The third kappa shape index (κ3) is 5.47. The van der Waals surface area contributed by atoms with E-state index in [9.17, 15) is 0 Å². The summed E-state index contributed by atoms with van der Waals surface area (Å²) in [4.78, 5) is 0. The number of furan rings is 1. The predicted molar refractivity (Wildman–Crippen MR) is 257 cm³/mol. The molecule has 0 aliphatic rings. The Kier molecular flexibility index (Phi) is 8.19. The Morgan fingerprint density at radius 1 is 0.250 bits per heavy atom. The molecule has 1 nitrogen and oxygen atoms in total. The summed E-state index contributed by atoms with van der Waals surface area (Å²) in [6.45, 7) is 0. The minimum atomic E-state index is 0.901. The molecule has 0 spiro atoms. The largest absolute Gasteiger partial charge is 0.456 e. The van der Waals surface area contributed by atoms with E-state index in [2.05, 4.69) is 203 Å². The van der Waals surface area contributed by atoms with E-state index in [1.807, 2.05) is 0 Å². The summed E-state index contributed by atoms with van der Waals surface area (Å²) < 4.78 is 6.36. The van der Waals surface area contributed by atoms with Gasteiger partial charge in [0.15, 0.2) is 0 Å². The summed E-state index contributed by atoms with van der Waals surface area (Å²) in [6.07, 6.45) is 0. The van der Waals surface area contributed by atoms with Crippen molar-refractivity contribution in [1.82, 2.24) is 0 Å². The van der Waals surface area contributed by atoms with Crippen molar-refractivity contribution in [2.45, 2.75) is 0 Å². The van der Waals surface area contributed by atoms with Crippen LogP contribution in [0.15, 0.2) is 168 Å². The van der Waals surface area contributed by atoms with Crippen LogP contribution in [0, 0.1) is 0 Å². The number of hydrogen-bond donors (Lipinski definition) is 0. The first-order chi connectivity index (χ1) is 27.4. The Labute approximate surface area is 332 Å². The molecule has 0 saturated carbocycles. The molecule has 0 unspecified atom stereocenters. The van der Waals surface area contributed by atoms with Gasteiger partial charge in [-0.1, -0.05) is 144 Å². The molecule has 0 aliphatic heterocycles. The van der Waals surface area contributed by atoms with Crippen LogP contribution in [0.4, 0.5) is 0 Å². The maximum absolute atomic E-state index is 6.36. The smallest absolute Gasteiger partial charge is 0.139 e. The summed E-state index contributed by atoms with van der Waals surface area (Å²) in [5.41, 5.74) is 21.1. The summed E-state index contributed by atoms with van der Waals surface area (Å²) in [5.74, 6) is 0. The van der Waals surface area contributed by atoms with E-state index in [1.54, 1.807) is 0 Å². The molecule has 0 amide bonds. The van der Waals surface area contributed by atoms with Crippen molar-refractivity contribution >= 4 is 110 Å². The molecular weight excluding hydrogens is 671 g/mol. The van der Waals surface area contributed by atoms with Gasteiger partial charge in [-0.2, -0.15) is 0 Å². The molecule has 10 aromatic rings. The van der Waals surface area contributed by atoms with E-state index in [0.717, 1.165) is 21.9 Å². The van der Waals surface area contributed by atoms with Crippen molar-refractivity contribution < 1.29 is 4.42 Å². The van der Waals surface area contributed by atoms with Crippen molar-refractivity contribution in [3.63, 3.8) is 0 Å². The Hall–Kier alpha value is -6.38. The van der Waals surface area contributed by atoms with Gasteiger partial charge in [-0.15, -0.1) is 16.4 Å². The van der Waals surface area contributed by atoms with Crippen LogP contribution in [-0.2, 0) is 0 Å². The van der Waals surface area contributed by atoms with Crippen molar-refractivity contribution in [3.05, 3.63) is 164 Å². The predicted octanol–water partition coefficient (Wildman–Crippen LogP) is 5.52. The van der Waals surface area contributed by atoms with Gasteiger partial charge >= 0.3 is 0 Å². The van der Waals surface area contributed by atoms with E-state index in [4.69, 9.17) is 4.42 Å². The lowest BCUT2D eigenvalue weighted by atomic mass is 9.59. The van der Waals surface area contributed by atoms with Crippen LogP contribution in [-0.4, -0.2) is 39.2 Å². The van der Waals surface area contributed by atoms with Gasteiger partial charge in [0.25, 0.3) is 0 Å². The number of rotatable bonds is 5. The second-order valence-electron chi connectivity index (χ2n) is 15.4. The molecule has 0 N–H and O–H groups in total. The Bertz CT molecular complexity index is 3100. The van der Waals surface area contributed by atoms with Crippen LogP contribution in [0.5, 0.6) is 0 Å². The van der Waals surface area contributed by atoms with Crippen LogP contribution in [0.25, 0.3) is 99.1 Å². The molecule has 258 valence electrons. The molecule has 0 aliphatic carbocycles. The maximum Gasteiger partial charge on any atom is 0.139 e. The van der Waals surface area contributed by atoms with Crippen molar-refractivity contribution in [1.29, 1.82) is 0 Å². The highest BCUT2D eigenvalue weighted by Gasteiger charge is 2.21. The minimum absolute atomic E-state index is 0.901. The quantitative estimate of drug-likeness (QED) is 0.170. The minimum Gasteiger partial charge on any atom is -0.456 e. The second-order valence-corrected chi connectivity index (χ2v) is 15.4. The normalized spacial score (nSPS) is 11.6. The van der Waals surface area contributed by atoms with Crippen molar-refractivity contribution in [2.75, 3.05) is 0 Å². The second kappa shape index (κ2) is 13.4. The third-order valence-corrected chi connectivity index (χ3v) is 12.5. The van der Waals surface area contributed by atoms with Gasteiger partial charge in [-0.3, -0.25) is 0 Å². The Balaban J connectivity index is 1.07. The summed E-state index contributed by atoms with van der Waals surface area (Å²) >= 11 is 0. The van der Waals surface area contributed by atoms with Crippen LogP contribution < -0.4 is 27.3 Å². The first kappa shape index (κ1) is 34.1. The third-order valence-electron chi connectivity index (χ3n) is 12.5. The lowest BCUT2D eigenvalue weighted by Crippen LogP contribution is -2.55. The zero-order valence-electron chi connectivity index (χ0n) is 32.5. The number of fused-ring (bicyclic) bond motifs is 5. The summed E-state index contributed by atoms with van der Waals surface area (Å²) in [7, 11) is 11.4. The zero-order chi connectivity index (χ0) is 38.1.